The maximum atomic E-state index is 5.73. The van der Waals surface area contributed by atoms with E-state index in [-0.39, 0.29) is 11.5 Å². The second kappa shape index (κ2) is 4.77. The van der Waals surface area contributed by atoms with Crippen LogP contribution in [0.2, 0.25) is 0 Å². The molecule has 0 aliphatic heterocycles. The third-order valence-corrected chi connectivity index (χ3v) is 3.88. The number of hydrogen-bond donors (Lipinski definition) is 2. The molecule has 0 bridgehead atoms. The van der Waals surface area contributed by atoms with Gasteiger partial charge in [-0.1, -0.05) is 39.0 Å². The third kappa shape index (κ3) is 2.86. The van der Waals surface area contributed by atoms with Crippen LogP contribution in [-0.2, 0) is 0 Å². The van der Waals surface area contributed by atoms with Crippen LogP contribution in [0.25, 0.3) is 10.1 Å². The van der Waals surface area contributed by atoms with Gasteiger partial charge in [-0.3, -0.25) is 11.3 Å². The van der Waals surface area contributed by atoms with Crippen LogP contribution in [0.15, 0.2) is 29.6 Å². The molecule has 0 spiro atoms. The zero-order valence-electron chi connectivity index (χ0n) is 10.7. The van der Waals surface area contributed by atoms with Crippen molar-refractivity contribution in [2.45, 2.75) is 33.2 Å². The largest absolute Gasteiger partial charge is 0.271 e. The molecule has 2 aromatic rings. The Hall–Kier alpha value is -0.900. The number of thiophene rings is 1. The number of fused-ring (bicyclic) bond motifs is 1. The highest BCUT2D eigenvalue weighted by molar-refractivity contribution is 7.17. The summed E-state index contributed by atoms with van der Waals surface area (Å²) in [7, 11) is 0. The van der Waals surface area contributed by atoms with Crippen molar-refractivity contribution in [2.24, 2.45) is 11.3 Å². The Morgan fingerprint density at radius 3 is 2.71 bits per heavy atom. The monoisotopic (exact) mass is 248 g/mol. The first kappa shape index (κ1) is 12.6. The summed E-state index contributed by atoms with van der Waals surface area (Å²) in [6, 6.07) is 8.82. The summed E-state index contributed by atoms with van der Waals surface area (Å²) in [5.41, 5.74) is 4.54. The lowest BCUT2D eigenvalue weighted by molar-refractivity contribution is 0.314. The van der Waals surface area contributed by atoms with Crippen LogP contribution >= 0.6 is 11.3 Å². The van der Waals surface area contributed by atoms with Crippen molar-refractivity contribution in [1.82, 2.24) is 5.43 Å². The topological polar surface area (TPSA) is 38.0 Å². The molecule has 1 heterocycles. The van der Waals surface area contributed by atoms with Gasteiger partial charge in [0.05, 0.1) is 0 Å². The van der Waals surface area contributed by atoms with Gasteiger partial charge in [0.2, 0.25) is 0 Å². The first-order valence-electron chi connectivity index (χ1n) is 5.93. The Balaban J connectivity index is 2.39. The van der Waals surface area contributed by atoms with Gasteiger partial charge in [0.1, 0.15) is 0 Å². The van der Waals surface area contributed by atoms with Crippen LogP contribution in [0.5, 0.6) is 0 Å². The van der Waals surface area contributed by atoms with Crippen molar-refractivity contribution < 1.29 is 0 Å². The third-order valence-electron chi connectivity index (χ3n) is 2.90. The van der Waals surface area contributed by atoms with E-state index in [0.717, 1.165) is 6.42 Å². The van der Waals surface area contributed by atoms with Gasteiger partial charge in [-0.2, -0.15) is 0 Å². The average Bonchev–Trinajstić information content (AvgIpc) is 2.72. The number of hydrogen-bond acceptors (Lipinski definition) is 3. The molecule has 3 N–H and O–H groups in total. The van der Waals surface area contributed by atoms with Gasteiger partial charge in [0.15, 0.2) is 0 Å². The van der Waals surface area contributed by atoms with Crippen molar-refractivity contribution in [1.29, 1.82) is 0 Å². The van der Waals surface area contributed by atoms with Crippen LogP contribution < -0.4 is 11.3 Å². The summed E-state index contributed by atoms with van der Waals surface area (Å²) in [4.78, 5) is 0. The van der Waals surface area contributed by atoms with E-state index in [1.54, 1.807) is 11.3 Å². The van der Waals surface area contributed by atoms with Crippen LogP contribution in [0, 0.1) is 5.41 Å². The molecule has 3 heteroatoms. The molecular weight excluding hydrogens is 228 g/mol. The van der Waals surface area contributed by atoms with Gasteiger partial charge in [-0.25, -0.2) is 0 Å². The lowest BCUT2D eigenvalue weighted by Crippen LogP contribution is -2.31. The van der Waals surface area contributed by atoms with E-state index < -0.39 is 0 Å². The predicted molar refractivity (Wildman–Crippen MR) is 76.0 cm³/mol. The normalized spacial score (nSPS) is 14.1. The summed E-state index contributed by atoms with van der Waals surface area (Å²) < 4.78 is 1.35. The van der Waals surface area contributed by atoms with Gasteiger partial charge >= 0.3 is 0 Å². The zero-order valence-corrected chi connectivity index (χ0v) is 11.5. The summed E-state index contributed by atoms with van der Waals surface area (Å²) in [6.07, 6.45) is 1.03. The molecule has 0 saturated carbocycles. The molecular formula is C14H20N2S. The number of hydrazine groups is 1. The van der Waals surface area contributed by atoms with Crippen LogP contribution in [0.4, 0.5) is 0 Å². The fourth-order valence-corrected chi connectivity index (χ4v) is 3.13. The van der Waals surface area contributed by atoms with Gasteiger partial charge in [0, 0.05) is 10.7 Å². The zero-order chi connectivity index (χ0) is 12.5. The van der Waals surface area contributed by atoms with E-state index in [1.807, 2.05) is 0 Å². The summed E-state index contributed by atoms with van der Waals surface area (Å²) >= 11 is 1.79. The van der Waals surface area contributed by atoms with Gasteiger partial charge in [-0.15, -0.1) is 11.3 Å². The Bertz CT molecular complexity index is 496. The Morgan fingerprint density at radius 2 is 2.06 bits per heavy atom. The lowest BCUT2D eigenvalue weighted by atomic mass is 9.85. The second-order valence-corrected chi connectivity index (χ2v) is 6.59. The first-order valence-corrected chi connectivity index (χ1v) is 6.81. The molecule has 0 fully saturated rings. The standard InChI is InChI=1S/C14H20N2S/c1-14(2,3)9-12(16-15)11-6-4-5-10-7-8-17-13(10)11/h4-8,12,16H,9,15H2,1-3H3. The minimum absolute atomic E-state index is 0.220. The van der Waals surface area contributed by atoms with E-state index >= 15 is 0 Å². The molecule has 1 aromatic heterocycles. The summed E-state index contributed by atoms with van der Waals surface area (Å²) in [6.45, 7) is 6.73. The molecule has 0 saturated heterocycles. The predicted octanol–water partition coefficient (Wildman–Crippen LogP) is 3.84. The van der Waals surface area contributed by atoms with Gasteiger partial charge < -0.3 is 0 Å². The average molecular weight is 248 g/mol. The fourth-order valence-electron chi connectivity index (χ4n) is 2.16. The smallest absolute Gasteiger partial charge is 0.0479 e. The number of nitrogens with two attached hydrogens (primary N) is 1. The number of benzene rings is 1. The van der Waals surface area contributed by atoms with Gasteiger partial charge in [0.25, 0.3) is 0 Å². The molecule has 2 rings (SSSR count). The van der Waals surface area contributed by atoms with E-state index in [2.05, 4.69) is 55.8 Å². The van der Waals surface area contributed by atoms with Crippen LogP contribution in [0.1, 0.15) is 38.8 Å². The first-order chi connectivity index (χ1) is 8.01. The molecule has 17 heavy (non-hydrogen) atoms. The molecule has 1 aromatic carbocycles. The molecule has 0 amide bonds. The maximum absolute atomic E-state index is 5.73. The van der Waals surface area contributed by atoms with E-state index in [4.69, 9.17) is 5.84 Å². The van der Waals surface area contributed by atoms with Crippen LogP contribution in [0.3, 0.4) is 0 Å². The van der Waals surface area contributed by atoms with Crippen molar-refractivity contribution in [3.8, 4) is 0 Å². The van der Waals surface area contributed by atoms with E-state index in [0.29, 0.717) is 0 Å². The van der Waals surface area contributed by atoms with Gasteiger partial charge in [-0.05, 0) is 34.2 Å². The van der Waals surface area contributed by atoms with Crippen molar-refractivity contribution in [3.63, 3.8) is 0 Å². The molecule has 92 valence electrons. The second-order valence-electron chi connectivity index (χ2n) is 5.67. The summed E-state index contributed by atoms with van der Waals surface area (Å²) in [5, 5.41) is 3.44. The highest BCUT2D eigenvalue weighted by Crippen LogP contribution is 2.34. The van der Waals surface area contributed by atoms with E-state index in [1.165, 1.54) is 15.6 Å². The minimum Gasteiger partial charge on any atom is -0.271 e. The lowest BCUT2D eigenvalue weighted by Gasteiger charge is -2.26. The maximum Gasteiger partial charge on any atom is 0.0479 e. The Morgan fingerprint density at radius 1 is 1.29 bits per heavy atom. The fraction of sp³-hybridized carbons (Fsp3) is 0.429. The van der Waals surface area contributed by atoms with Crippen molar-refractivity contribution >= 4 is 21.4 Å². The molecule has 0 aliphatic carbocycles. The van der Waals surface area contributed by atoms with E-state index in [9.17, 15) is 0 Å². The minimum atomic E-state index is 0.220. The highest BCUT2D eigenvalue weighted by Gasteiger charge is 2.20. The molecule has 2 nitrogen and oxygen atoms in total. The SMILES string of the molecule is CC(C)(C)CC(NN)c1cccc2ccsc12. The Labute approximate surface area is 107 Å². The quantitative estimate of drug-likeness (QED) is 0.639. The van der Waals surface area contributed by atoms with Crippen molar-refractivity contribution in [2.75, 3.05) is 0 Å². The summed E-state index contributed by atoms with van der Waals surface area (Å²) in [5.74, 6) is 5.73. The van der Waals surface area contributed by atoms with Crippen LogP contribution in [-0.4, -0.2) is 0 Å². The Kier molecular flexibility index (Phi) is 3.52. The molecule has 0 aliphatic rings. The molecule has 1 atom stereocenters. The van der Waals surface area contributed by atoms with Crippen molar-refractivity contribution in [3.05, 3.63) is 35.2 Å². The number of rotatable bonds is 3. The molecule has 0 radical (unpaired) electrons. The highest BCUT2D eigenvalue weighted by atomic mass is 32.1. The number of nitrogens with one attached hydrogen (secondary N) is 1. The molecule has 1 unspecified atom stereocenters.